The Morgan fingerprint density at radius 2 is 1.97 bits per heavy atom. The number of carbonyl (C=O) groups is 1. The summed E-state index contributed by atoms with van der Waals surface area (Å²) in [5, 5.41) is 0. The molecular weight excluding hydrogens is 419 g/mol. The summed E-state index contributed by atoms with van der Waals surface area (Å²) in [6, 6.07) is 2.39. The molecule has 2 aliphatic rings. The Bertz CT molecular complexity index is 1390. The zero-order chi connectivity index (χ0) is 22.4. The highest BCUT2D eigenvalue weighted by Gasteiger charge is 2.34. The highest BCUT2D eigenvalue weighted by atomic mass is 19.1. The number of hydrogen-bond acceptors (Lipinski definition) is 6. The van der Waals surface area contributed by atoms with Crippen molar-refractivity contribution in [2.75, 3.05) is 13.6 Å². The summed E-state index contributed by atoms with van der Waals surface area (Å²) in [6.07, 6.45) is 3.82. The van der Waals surface area contributed by atoms with Gasteiger partial charge < -0.3 is 9.72 Å². The number of rotatable bonds is 4. The molecular formula is C21H19FN6O4. The molecule has 2 saturated carbocycles. The van der Waals surface area contributed by atoms with Crippen LogP contribution in [-0.4, -0.2) is 48.7 Å². The molecule has 3 aromatic rings. The highest BCUT2D eigenvalue weighted by Crippen LogP contribution is 2.36. The number of carbonyl (C=O) groups excluding carboxylic acids is 1. The minimum Gasteiger partial charge on any atom is -0.409 e. The van der Waals surface area contributed by atoms with Gasteiger partial charge in [0.15, 0.2) is 22.7 Å². The van der Waals surface area contributed by atoms with Crippen molar-refractivity contribution >= 4 is 17.3 Å². The molecule has 0 aromatic carbocycles. The molecule has 32 heavy (non-hydrogen) atoms. The van der Waals surface area contributed by atoms with Gasteiger partial charge in [-0.25, -0.2) is 19.6 Å². The van der Waals surface area contributed by atoms with Crippen LogP contribution in [0.25, 0.3) is 11.2 Å². The van der Waals surface area contributed by atoms with Crippen LogP contribution in [0.4, 0.5) is 9.18 Å². The molecule has 1 N–H and O–H groups in total. The Labute approximate surface area is 180 Å². The topological polar surface area (TPSA) is 115 Å². The average Bonchev–Trinajstić information content (AvgIpc) is 3.69. The summed E-state index contributed by atoms with van der Waals surface area (Å²) < 4.78 is 20.8. The molecule has 3 aromatic heterocycles. The standard InChI is InChI=1S/C21H19FN6O4/c1-26(21(31)32-14-8-9-15(22)23-11-14)10-2-3-16-24-17-18(25-16)27(12-4-5-12)20(30)28(19(17)29)13-6-7-13/h8-9,11-13H,4-7,10H2,1H3,(H,24,25). The molecule has 0 atom stereocenters. The first-order chi connectivity index (χ1) is 15.4. The van der Waals surface area contributed by atoms with Crippen molar-refractivity contribution in [3.8, 4) is 17.6 Å². The predicted octanol–water partition coefficient (Wildman–Crippen LogP) is 1.57. The molecule has 0 unspecified atom stereocenters. The number of nitrogens with zero attached hydrogens (tertiary/aromatic N) is 5. The molecule has 1 amide bonds. The predicted molar refractivity (Wildman–Crippen MR) is 111 cm³/mol. The van der Waals surface area contributed by atoms with Gasteiger partial charge in [0.1, 0.15) is 0 Å². The normalized spacial score (nSPS) is 15.3. The second-order valence-electron chi connectivity index (χ2n) is 7.92. The number of H-pyrrole nitrogens is 1. The Hall–Kier alpha value is -3.94. The molecule has 5 rings (SSSR count). The van der Waals surface area contributed by atoms with Gasteiger partial charge in [0.05, 0.1) is 12.7 Å². The quantitative estimate of drug-likeness (QED) is 0.489. The van der Waals surface area contributed by atoms with Crippen molar-refractivity contribution in [1.29, 1.82) is 0 Å². The molecule has 2 aliphatic carbocycles. The van der Waals surface area contributed by atoms with E-state index < -0.39 is 12.0 Å². The highest BCUT2D eigenvalue weighted by molar-refractivity contribution is 5.72. The Balaban J connectivity index is 1.36. The lowest BCUT2D eigenvalue weighted by Crippen LogP contribution is -2.39. The van der Waals surface area contributed by atoms with Gasteiger partial charge in [-0.15, -0.1) is 0 Å². The molecule has 10 nitrogen and oxygen atoms in total. The van der Waals surface area contributed by atoms with E-state index in [4.69, 9.17) is 4.74 Å². The molecule has 0 radical (unpaired) electrons. The fraction of sp³-hybridized carbons (Fsp3) is 0.381. The number of halogens is 1. The largest absolute Gasteiger partial charge is 0.415 e. The number of imidazole rings is 1. The number of ether oxygens (including phenoxy) is 1. The van der Waals surface area contributed by atoms with Crippen LogP contribution in [0.1, 0.15) is 43.6 Å². The number of amides is 1. The van der Waals surface area contributed by atoms with E-state index in [0.29, 0.717) is 5.65 Å². The van der Waals surface area contributed by atoms with Crippen molar-refractivity contribution in [3.63, 3.8) is 0 Å². The first kappa shape index (κ1) is 20.0. The molecule has 2 fully saturated rings. The molecule has 0 bridgehead atoms. The van der Waals surface area contributed by atoms with E-state index >= 15 is 0 Å². The van der Waals surface area contributed by atoms with Crippen LogP contribution in [0.3, 0.4) is 0 Å². The van der Waals surface area contributed by atoms with E-state index in [2.05, 4.69) is 26.8 Å². The van der Waals surface area contributed by atoms with Crippen molar-refractivity contribution in [3.05, 3.63) is 50.9 Å². The van der Waals surface area contributed by atoms with Crippen LogP contribution < -0.4 is 16.0 Å². The van der Waals surface area contributed by atoms with Crippen LogP contribution in [0, 0.1) is 17.8 Å². The zero-order valence-electron chi connectivity index (χ0n) is 17.2. The molecule has 0 spiro atoms. The van der Waals surface area contributed by atoms with Gasteiger partial charge in [0, 0.05) is 19.1 Å². The third-order valence-electron chi connectivity index (χ3n) is 5.32. The Morgan fingerprint density at radius 3 is 2.62 bits per heavy atom. The van der Waals surface area contributed by atoms with Gasteiger partial charge in [-0.05, 0) is 43.7 Å². The lowest BCUT2D eigenvalue weighted by molar-refractivity contribution is 0.167. The van der Waals surface area contributed by atoms with Crippen LogP contribution in [-0.2, 0) is 0 Å². The fourth-order valence-electron chi connectivity index (χ4n) is 3.39. The van der Waals surface area contributed by atoms with Crippen LogP contribution in [0.5, 0.6) is 5.75 Å². The summed E-state index contributed by atoms with van der Waals surface area (Å²) in [4.78, 5) is 49.8. The van der Waals surface area contributed by atoms with Crippen molar-refractivity contribution < 1.29 is 13.9 Å². The minimum atomic E-state index is -0.688. The van der Waals surface area contributed by atoms with Gasteiger partial charge >= 0.3 is 11.8 Å². The lowest BCUT2D eigenvalue weighted by atomic mass is 10.4. The Kier molecular flexibility index (Phi) is 4.77. The van der Waals surface area contributed by atoms with Gasteiger partial charge in [-0.3, -0.25) is 18.8 Å². The van der Waals surface area contributed by atoms with E-state index in [-0.39, 0.29) is 47.0 Å². The van der Waals surface area contributed by atoms with E-state index in [0.717, 1.165) is 37.9 Å². The number of fused-ring (bicyclic) bond motifs is 1. The SMILES string of the molecule is CN(CC#Cc1nc2c([nH]1)c(=O)n(C1CC1)c(=O)n2C1CC1)C(=O)Oc1ccc(F)nc1. The monoisotopic (exact) mass is 438 g/mol. The number of hydrogen-bond donors (Lipinski definition) is 1. The smallest absolute Gasteiger partial charge is 0.409 e. The van der Waals surface area contributed by atoms with Gasteiger partial charge in [-0.2, -0.15) is 4.39 Å². The van der Waals surface area contributed by atoms with E-state index in [1.54, 1.807) is 4.57 Å². The van der Waals surface area contributed by atoms with Gasteiger partial charge in [-0.1, -0.05) is 5.92 Å². The number of aromatic amines is 1. The second kappa shape index (κ2) is 7.64. The molecule has 0 saturated heterocycles. The van der Waals surface area contributed by atoms with Crippen LogP contribution >= 0.6 is 0 Å². The fourth-order valence-corrected chi connectivity index (χ4v) is 3.39. The molecule has 11 heteroatoms. The van der Waals surface area contributed by atoms with Crippen molar-refractivity contribution in [2.24, 2.45) is 0 Å². The summed E-state index contributed by atoms with van der Waals surface area (Å²) in [7, 11) is 1.49. The van der Waals surface area contributed by atoms with Crippen LogP contribution in [0.2, 0.25) is 0 Å². The molecule has 164 valence electrons. The third kappa shape index (κ3) is 3.75. The van der Waals surface area contributed by atoms with Gasteiger partial charge in [0.2, 0.25) is 5.95 Å². The summed E-state index contributed by atoms with van der Waals surface area (Å²) >= 11 is 0. The summed E-state index contributed by atoms with van der Waals surface area (Å²) in [5.74, 6) is 5.27. The van der Waals surface area contributed by atoms with E-state index in [1.807, 2.05) is 0 Å². The minimum absolute atomic E-state index is 0.0201. The maximum atomic E-state index is 12.9. The van der Waals surface area contributed by atoms with Gasteiger partial charge in [0.25, 0.3) is 5.56 Å². The van der Waals surface area contributed by atoms with Crippen molar-refractivity contribution in [2.45, 2.75) is 37.8 Å². The van der Waals surface area contributed by atoms with Crippen molar-refractivity contribution in [1.82, 2.24) is 29.0 Å². The Morgan fingerprint density at radius 1 is 1.25 bits per heavy atom. The van der Waals surface area contributed by atoms with E-state index in [9.17, 15) is 18.8 Å². The first-order valence-electron chi connectivity index (χ1n) is 10.2. The maximum absolute atomic E-state index is 12.9. The number of pyridine rings is 1. The summed E-state index contributed by atoms with van der Waals surface area (Å²) in [6.45, 7) is 0.0201. The zero-order valence-corrected chi connectivity index (χ0v) is 17.2. The number of nitrogens with one attached hydrogen (secondary N) is 1. The first-order valence-corrected chi connectivity index (χ1v) is 10.2. The summed E-state index contributed by atoms with van der Waals surface area (Å²) in [5.41, 5.74) is -0.0978. The molecule has 3 heterocycles. The number of aromatic nitrogens is 5. The maximum Gasteiger partial charge on any atom is 0.415 e. The lowest BCUT2D eigenvalue weighted by Gasteiger charge is -2.13. The van der Waals surface area contributed by atoms with E-state index in [1.165, 1.54) is 22.6 Å². The third-order valence-corrected chi connectivity index (χ3v) is 5.32. The van der Waals surface area contributed by atoms with Crippen LogP contribution in [0.15, 0.2) is 27.9 Å². The second-order valence-corrected chi connectivity index (χ2v) is 7.92. The average molecular weight is 438 g/mol. The molecule has 0 aliphatic heterocycles.